The van der Waals surface area contributed by atoms with Crippen LogP contribution in [0.5, 0.6) is 0 Å². The summed E-state index contributed by atoms with van der Waals surface area (Å²) in [4.78, 5) is 16.4. The van der Waals surface area contributed by atoms with E-state index in [2.05, 4.69) is 4.98 Å². The molecule has 0 unspecified atom stereocenters. The van der Waals surface area contributed by atoms with Crippen molar-refractivity contribution in [3.63, 3.8) is 0 Å². The average molecular weight is 469 g/mol. The lowest BCUT2D eigenvalue weighted by Crippen LogP contribution is -2.27. The van der Waals surface area contributed by atoms with Crippen LogP contribution in [0.4, 0.5) is 0 Å². The first-order chi connectivity index (χ1) is 15.7. The molecule has 0 amide bonds. The van der Waals surface area contributed by atoms with Crippen LogP contribution < -0.4 is 5.69 Å². The Morgan fingerprint density at radius 2 is 1.78 bits per heavy atom. The number of fused-ring (bicyclic) bond motifs is 1. The highest BCUT2D eigenvalue weighted by Gasteiger charge is 2.27. The van der Waals surface area contributed by atoms with Gasteiger partial charge in [-0.2, -0.15) is 4.98 Å². The molecule has 0 aliphatic carbocycles. The van der Waals surface area contributed by atoms with Crippen LogP contribution in [-0.4, -0.2) is 46.5 Å². The average Bonchev–Trinajstić information content (AvgIpc) is 3.42. The minimum absolute atomic E-state index is 0.0272. The quantitative estimate of drug-likeness (QED) is 0.276. The minimum atomic E-state index is -0.373. The third kappa shape index (κ3) is 7.87. The first-order valence-electron chi connectivity index (χ1n) is 12.1. The van der Waals surface area contributed by atoms with Crippen LogP contribution in [0.2, 0.25) is 0 Å². The molecule has 0 saturated carbocycles. The number of hydrogen-bond acceptors (Lipinski definition) is 6. The van der Waals surface area contributed by atoms with Gasteiger partial charge in [-0.15, -0.1) is 11.6 Å². The van der Waals surface area contributed by atoms with Gasteiger partial charge in [-0.25, -0.2) is 4.79 Å². The normalized spacial score (nSPS) is 18.7. The molecule has 1 aliphatic heterocycles. The van der Waals surface area contributed by atoms with E-state index in [4.69, 9.17) is 25.5 Å². The summed E-state index contributed by atoms with van der Waals surface area (Å²) >= 11 is 5.64. The number of aliphatic hydroxyl groups excluding tert-OH is 1. The Bertz CT molecular complexity index is 853. The van der Waals surface area contributed by atoms with E-state index < -0.39 is 0 Å². The molecule has 2 atom stereocenters. The zero-order valence-electron chi connectivity index (χ0n) is 19.0. The van der Waals surface area contributed by atoms with Crippen molar-refractivity contribution in [2.45, 2.75) is 89.4 Å². The van der Waals surface area contributed by atoms with Crippen molar-refractivity contribution in [2.24, 2.45) is 0 Å². The Kier molecular flexibility index (Phi) is 11.0. The van der Waals surface area contributed by atoms with Crippen LogP contribution in [0.15, 0.2) is 21.5 Å². The maximum atomic E-state index is 12.3. The van der Waals surface area contributed by atoms with Crippen LogP contribution in [-0.2, 0) is 15.9 Å². The predicted octanol–water partition coefficient (Wildman–Crippen LogP) is 4.97. The lowest BCUT2D eigenvalue weighted by molar-refractivity contribution is -0.0243. The van der Waals surface area contributed by atoms with Gasteiger partial charge in [0.15, 0.2) is 0 Å². The van der Waals surface area contributed by atoms with E-state index in [1.54, 1.807) is 6.20 Å². The van der Waals surface area contributed by atoms with E-state index in [0.29, 0.717) is 12.1 Å². The number of aliphatic hydroxyl groups is 1. The van der Waals surface area contributed by atoms with Gasteiger partial charge in [0.05, 0.1) is 18.1 Å². The van der Waals surface area contributed by atoms with Gasteiger partial charge in [0.2, 0.25) is 5.71 Å². The maximum absolute atomic E-state index is 12.3. The highest BCUT2D eigenvalue weighted by Crippen LogP contribution is 2.28. The molecule has 0 bridgehead atoms. The molecular weight excluding hydrogens is 432 g/mol. The van der Waals surface area contributed by atoms with Gasteiger partial charge >= 0.3 is 5.69 Å². The van der Waals surface area contributed by atoms with Crippen molar-refractivity contribution in [3.05, 3.63) is 28.5 Å². The Balaban J connectivity index is 1.31. The molecule has 1 N–H and O–H groups in total. The molecule has 180 valence electrons. The zero-order chi connectivity index (χ0) is 22.6. The molecule has 0 spiro atoms. The molecule has 0 aromatic carbocycles. The smallest absolute Gasteiger partial charge is 0.353 e. The Morgan fingerprint density at radius 1 is 1.06 bits per heavy atom. The summed E-state index contributed by atoms with van der Waals surface area (Å²) in [6.07, 6.45) is 13.9. The number of halogens is 1. The van der Waals surface area contributed by atoms with Crippen LogP contribution >= 0.6 is 11.6 Å². The van der Waals surface area contributed by atoms with E-state index in [1.807, 2.05) is 6.07 Å². The van der Waals surface area contributed by atoms with Gasteiger partial charge in [-0.05, 0) is 44.6 Å². The lowest BCUT2D eigenvalue weighted by atomic mass is 10.1. The van der Waals surface area contributed by atoms with Crippen molar-refractivity contribution in [1.29, 1.82) is 0 Å². The maximum Gasteiger partial charge on any atom is 0.353 e. The van der Waals surface area contributed by atoms with E-state index in [1.165, 1.54) is 36.7 Å². The number of hydrogen-bond donors (Lipinski definition) is 1. The molecule has 3 rings (SSSR count). The first kappa shape index (κ1) is 25.2. The van der Waals surface area contributed by atoms with Gasteiger partial charge in [0, 0.05) is 31.7 Å². The summed E-state index contributed by atoms with van der Waals surface area (Å²) in [6, 6.07) is 1.98. The second-order valence-electron chi connectivity index (χ2n) is 8.61. The lowest BCUT2D eigenvalue weighted by Gasteiger charge is -2.14. The molecule has 8 heteroatoms. The van der Waals surface area contributed by atoms with Gasteiger partial charge in [-0.1, -0.05) is 32.1 Å². The molecule has 1 saturated heterocycles. The molecule has 7 nitrogen and oxygen atoms in total. The topological polar surface area (TPSA) is 86.7 Å². The summed E-state index contributed by atoms with van der Waals surface area (Å²) < 4.78 is 18.6. The predicted molar refractivity (Wildman–Crippen MR) is 125 cm³/mol. The van der Waals surface area contributed by atoms with Gasteiger partial charge in [-0.3, -0.25) is 4.57 Å². The van der Waals surface area contributed by atoms with Crippen molar-refractivity contribution in [1.82, 2.24) is 9.55 Å². The Morgan fingerprint density at radius 3 is 2.50 bits per heavy atom. The Hall–Kier alpha value is -1.41. The van der Waals surface area contributed by atoms with E-state index in [9.17, 15) is 9.90 Å². The SMILES string of the molecule is O=c1nc2oc(CCCCCCCCCOCCCCCl)cc2cn1[C@H]1CC[C@@H](CO)O1. The molecule has 1 fully saturated rings. The standard InChI is InChI=1S/C24H37ClN2O5/c25-13-7-9-15-30-14-8-5-3-1-2-4-6-10-20-16-19-17-27(24(29)26-23(19)32-20)22-12-11-21(18-28)31-22/h16-17,21-22,28H,1-15,18H2/t21-,22+/m0/s1. The molecule has 2 aromatic heterocycles. The molecule has 2 aromatic rings. The van der Waals surface area contributed by atoms with E-state index >= 15 is 0 Å². The van der Waals surface area contributed by atoms with Crippen molar-refractivity contribution in [2.75, 3.05) is 25.7 Å². The number of unbranched alkanes of at least 4 members (excludes halogenated alkanes) is 7. The summed E-state index contributed by atoms with van der Waals surface area (Å²) in [5.74, 6) is 1.59. The fourth-order valence-corrected chi connectivity index (χ4v) is 4.31. The number of alkyl halides is 1. The van der Waals surface area contributed by atoms with Crippen LogP contribution in [0, 0.1) is 0 Å². The van der Waals surface area contributed by atoms with Crippen molar-refractivity contribution >= 4 is 22.7 Å². The largest absolute Gasteiger partial charge is 0.443 e. The van der Waals surface area contributed by atoms with Gasteiger partial charge in [0.1, 0.15) is 12.0 Å². The number of rotatable bonds is 16. The summed E-state index contributed by atoms with van der Waals surface area (Å²) in [5, 5.41) is 10.1. The molecule has 0 radical (unpaired) electrons. The number of ether oxygens (including phenoxy) is 2. The minimum Gasteiger partial charge on any atom is -0.443 e. The molecule has 1 aliphatic rings. The highest BCUT2D eigenvalue weighted by atomic mass is 35.5. The van der Waals surface area contributed by atoms with Crippen LogP contribution in [0.25, 0.3) is 11.1 Å². The zero-order valence-corrected chi connectivity index (χ0v) is 19.7. The first-order valence-corrected chi connectivity index (χ1v) is 12.7. The number of aromatic nitrogens is 2. The highest BCUT2D eigenvalue weighted by molar-refractivity contribution is 6.17. The third-order valence-electron chi connectivity index (χ3n) is 5.97. The van der Waals surface area contributed by atoms with Crippen LogP contribution in [0.3, 0.4) is 0 Å². The fraction of sp³-hybridized carbons (Fsp3) is 0.750. The molecular formula is C24H37ClN2O5. The monoisotopic (exact) mass is 468 g/mol. The Labute approximate surface area is 195 Å². The van der Waals surface area contributed by atoms with Gasteiger partial charge in [0.25, 0.3) is 0 Å². The molecule has 32 heavy (non-hydrogen) atoms. The van der Waals surface area contributed by atoms with Gasteiger partial charge < -0.3 is 19.0 Å². The molecule has 3 heterocycles. The summed E-state index contributed by atoms with van der Waals surface area (Å²) in [5.41, 5.74) is 0.0190. The third-order valence-corrected chi connectivity index (χ3v) is 6.24. The number of nitrogens with zero attached hydrogens (tertiary/aromatic N) is 2. The number of furan rings is 1. The van der Waals surface area contributed by atoms with E-state index in [-0.39, 0.29) is 24.6 Å². The fourth-order valence-electron chi connectivity index (χ4n) is 4.12. The number of aryl methyl sites for hydroxylation is 1. The van der Waals surface area contributed by atoms with E-state index in [0.717, 1.165) is 68.8 Å². The van der Waals surface area contributed by atoms with Crippen molar-refractivity contribution in [3.8, 4) is 0 Å². The van der Waals surface area contributed by atoms with Crippen molar-refractivity contribution < 1.29 is 19.0 Å². The second kappa shape index (κ2) is 14.0. The summed E-state index contributed by atoms with van der Waals surface area (Å²) in [6.45, 7) is 1.67. The summed E-state index contributed by atoms with van der Waals surface area (Å²) in [7, 11) is 0. The van der Waals surface area contributed by atoms with Crippen LogP contribution in [0.1, 0.15) is 82.6 Å². The second-order valence-corrected chi connectivity index (χ2v) is 8.99.